The zero-order chi connectivity index (χ0) is 22.6. The zero-order valence-corrected chi connectivity index (χ0v) is 19.3. The molecule has 0 amide bonds. The van der Waals surface area contributed by atoms with Gasteiger partial charge >= 0.3 is 0 Å². The Bertz CT molecular complexity index is 1640. The standard InChI is InChI=1S/C24H19N5O2S2/c1-33(30,31)21-5-3-11-26-22(21)19-13-18-16(4-2-10-25-18)23(28-19)27-15-8-9-17-20(12-15)32-24(29-17)14-6-7-14/h2-5,8-14H,6-7H2,1H3,(H,27,28). The van der Waals surface area contributed by atoms with Crippen molar-refractivity contribution in [2.24, 2.45) is 0 Å². The minimum Gasteiger partial charge on any atom is -0.340 e. The van der Waals surface area contributed by atoms with E-state index in [1.54, 1.807) is 41.9 Å². The van der Waals surface area contributed by atoms with Gasteiger partial charge < -0.3 is 5.32 Å². The van der Waals surface area contributed by atoms with Gasteiger partial charge in [-0.3, -0.25) is 9.97 Å². The van der Waals surface area contributed by atoms with Gasteiger partial charge in [-0.05, 0) is 61.4 Å². The van der Waals surface area contributed by atoms with Gasteiger partial charge in [0, 0.05) is 35.6 Å². The summed E-state index contributed by atoms with van der Waals surface area (Å²) in [6.07, 6.45) is 6.89. The first-order valence-electron chi connectivity index (χ1n) is 10.5. The lowest BCUT2D eigenvalue weighted by atomic mass is 10.1. The predicted molar refractivity (Wildman–Crippen MR) is 131 cm³/mol. The Morgan fingerprint density at radius 2 is 1.79 bits per heavy atom. The Morgan fingerprint density at radius 1 is 0.970 bits per heavy atom. The molecule has 0 radical (unpaired) electrons. The van der Waals surface area contributed by atoms with Crippen molar-refractivity contribution in [2.75, 3.05) is 11.6 Å². The predicted octanol–water partition coefficient (Wildman–Crippen LogP) is 5.33. The second-order valence-electron chi connectivity index (χ2n) is 8.18. The Kier molecular flexibility index (Phi) is 4.63. The van der Waals surface area contributed by atoms with E-state index in [1.165, 1.54) is 24.1 Å². The normalized spacial score (nSPS) is 14.1. The number of hydrogen-bond acceptors (Lipinski definition) is 8. The average molecular weight is 474 g/mol. The molecule has 0 saturated heterocycles. The van der Waals surface area contributed by atoms with Crippen LogP contribution < -0.4 is 5.32 Å². The van der Waals surface area contributed by atoms with Crippen molar-refractivity contribution < 1.29 is 8.42 Å². The Morgan fingerprint density at radius 3 is 2.61 bits per heavy atom. The zero-order valence-electron chi connectivity index (χ0n) is 17.7. The molecule has 0 atom stereocenters. The lowest BCUT2D eigenvalue weighted by Gasteiger charge is -2.12. The van der Waals surface area contributed by atoms with Crippen molar-refractivity contribution in [3.05, 3.63) is 65.9 Å². The van der Waals surface area contributed by atoms with Crippen molar-refractivity contribution in [3.63, 3.8) is 0 Å². The topological polar surface area (TPSA) is 97.7 Å². The maximum Gasteiger partial charge on any atom is 0.177 e. The van der Waals surface area contributed by atoms with Crippen molar-refractivity contribution >= 4 is 53.8 Å². The quantitative estimate of drug-likeness (QED) is 0.369. The number of nitrogens with zero attached hydrogens (tertiary/aromatic N) is 4. The van der Waals surface area contributed by atoms with Gasteiger partial charge in [-0.1, -0.05) is 0 Å². The summed E-state index contributed by atoms with van der Waals surface area (Å²) in [5, 5.41) is 5.46. The largest absolute Gasteiger partial charge is 0.340 e. The smallest absolute Gasteiger partial charge is 0.177 e. The van der Waals surface area contributed by atoms with Gasteiger partial charge in [0.25, 0.3) is 0 Å². The molecule has 1 saturated carbocycles. The molecule has 1 aromatic carbocycles. The van der Waals surface area contributed by atoms with E-state index in [4.69, 9.17) is 9.97 Å². The summed E-state index contributed by atoms with van der Waals surface area (Å²) >= 11 is 1.74. The molecule has 164 valence electrons. The summed E-state index contributed by atoms with van der Waals surface area (Å²) in [6.45, 7) is 0. The number of anilines is 2. The first-order valence-corrected chi connectivity index (χ1v) is 13.3. The Labute approximate surface area is 194 Å². The fourth-order valence-electron chi connectivity index (χ4n) is 3.84. The van der Waals surface area contributed by atoms with Crippen LogP contribution in [-0.4, -0.2) is 34.6 Å². The number of pyridine rings is 3. The molecular formula is C24H19N5O2S2. The highest BCUT2D eigenvalue weighted by molar-refractivity contribution is 7.90. The van der Waals surface area contributed by atoms with Crippen molar-refractivity contribution in [1.82, 2.24) is 19.9 Å². The van der Waals surface area contributed by atoms with Crippen LogP contribution in [0, 0.1) is 0 Å². The van der Waals surface area contributed by atoms with Gasteiger partial charge in [-0.2, -0.15) is 0 Å². The molecule has 6 rings (SSSR count). The summed E-state index contributed by atoms with van der Waals surface area (Å²) in [6, 6.07) is 14.8. The summed E-state index contributed by atoms with van der Waals surface area (Å²) in [5.41, 5.74) is 3.34. The molecule has 5 aromatic rings. The minimum absolute atomic E-state index is 0.136. The minimum atomic E-state index is -3.48. The number of benzene rings is 1. The first-order chi connectivity index (χ1) is 16.0. The third-order valence-corrected chi connectivity index (χ3v) is 7.92. The maximum absolute atomic E-state index is 12.3. The van der Waals surface area contributed by atoms with E-state index < -0.39 is 9.84 Å². The van der Waals surface area contributed by atoms with Crippen LogP contribution in [0.5, 0.6) is 0 Å². The molecule has 1 aliphatic carbocycles. The summed E-state index contributed by atoms with van der Waals surface area (Å²) in [4.78, 5) is 18.5. The van der Waals surface area contributed by atoms with Crippen LogP contribution in [0.25, 0.3) is 32.5 Å². The van der Waals surface area contributed by atoms with Crippen molar-refractivity contribution in [2.45, 2.75) is 23.7 Å². The highest BCUT2D eigenvalue weighted by atomic mass is 32.2. The van der Waals surface area contributed by atoms with Crippen LogP contribution in [0.4, 0.5) is 11.5 Å². The fourth-order valence-corrected chi connectivity index (χ4v) is 5.85. The summed E-state index contributed by atoms with van der Waals surface area (Å²) in [7, 11) is -3.48. The maximum atomic E-state index is 12.3. The number of hydrogen-bond donors (Lipinski definition) is 1. The molecule has 9 heteroatoms. The molecule has 7 nitrogen and oxygen atoms in total. The van der Waals surface area contributed by atoms with E-state index in [1.807, 2.05) is 24.3 Å². The van der Waals surface area contributed by atoms with Crippen LogP contribution in [0.2, 0.25) is 0 Å². The first kappa shape index (κ1) is 20.2. The number of sulfone groups is 1. The van der Waals surface area contributed by atoms with Crippen LogP contribution >= 0.6 is 11.3 Å². The van der Waals surface area contributed by atoms with Crippen molar-refractivity contribution in [3.8, 4) is 11.4 Å². The number of aromatic nitrogens is 4. The van der Waals surface area contributed by atoms with Gasteiger partial charge in [0.15, 0.2) is 9.84 Å². The highest BCUT2D eigenvalue weighted by Crippen LogP contribution is 2.43. The number of rotatable bonds is 5. The second-order valence-corrected chi connectivity index (χ2v) is 11.2. The van der Waals surface area contributed by atoms with Crippen LogP contribution in [0.15, 0.2) is 65.8 Å². The van der Waals surface area contributed by atoms with Gasteiger partial charge in [0.1, 0.15) is 11.5 Å². The molecule has 0 bridgehead atoms. The Balaban J connectivity index is 1.47. The van der Waals surface area contributed by atoms with Gasteiger partial charge in [0.05, 0.1) is 31.3 Å². The third-order valence-electron chi connectivity index (χ3n) is 5.61. The summed E-state index contributed by atoms with van der Waals surface area (Å²) in [5.74, 6) is 1.21. The molecule has 4 aromatic heterocycles. The molecule has 4 heterocycles. The van der Waals surface area contributed by atoms with E-state index in [0.29, 0.717) is 28.6 Å². The average Bonchev–Trinajstić information content (AvgIpc) is 3.57. The van der Waals surface area contributed by atoms with Crippen LogP contribution in [0.3, 0.4) is 0 Å². The third kappa shape index (κ3) is 3.83. The Hall–Kier alpha value is -3.43. The molecule has 1 N–H and O–H groups in total. The molecule has 1 aliphatic rings. The van der Waals surface area contributed by atoms with Crippen LogP contribution in [-0.2, 0) is 9.84 Å². The van der Waals surface area contributed by atoms with Gasteiger partial charge in [-0.15, -0.1) is 11.3 Å². The lowest BCUT2D eigenvalue weighted by Crippen LogP contribution is -2.04. The molecular weight excluding hydrogens is 454 g/mol. The van der Waals surface area contributed by atoms with E-state index in [-0.39, 0.29) is 4.90 Å². The van der Waals surface area contributed by atoms with Gasteiger partial charge in [0.2, 0.25) is 0 Å². The highest BCUT2D eigenvalue weighted by Gasteiger charge is 2.27. The molecule has 1 fully saturated rings. The number of thiazole rings is 1. The van der Waals surface area contributed by atoms with Crippen LogP contribution in [0.1, 0.15) is 23.8 Å². The number of fused-ring (bicyclic) bond motifs is 2. The van der Waals surface area contributed by atoms with Gasteiger partial charge in [-0.25, -0.2) is 18.4 Å². The SMILES string of the molecule is CS(=O)(=O)c1cccnc1-c1cc2ncccc2c(Nc2ccc3nc(C4CC4)sc3c2)n1. The molecule has 0 aliphatic heterocycles. The monoisotopic (exact) mass is 473 g/mol. The number of nitrogens with one attached hydrogen (secondary N) is 1. The second kappa shape index (κ2) is 7.57. The van der Waals surface area contributed by atoms with E-state index >= 15 is 0 Å². The van der Waals surface area contributed by atoms with E-state index in [2.05, 4.69) is 21.4 Å². The molecule has 33 heavy (non-hydrogen) atoms. The molecule has 0 spiro atoms. The molecule has 0 unspecified atom stereocenters. The lowest BCUT2D eigenvalue weighted by molar-refractivity contribution is 0.602. The fraction of sp³-hybridized carbons (Fsp3) is 0.167. The summed E-state index contributed by atoms with van der Waals surface area (Å²) < 4.78 is 25.8. The van der Waals surface area contributed by atoms with Crippen molar-refractivity contribution in [1.29, 1.82) is 0 Å². The van der Waals surface area contributed by atoms with E-state index in [0.717, 1.165) is 21.3 Å². The van der Waals surface area contributed by atoms with E-state index in [9.17, 15) is 8.42 Å².